The molecule has 0 spiro atoms. The lowest BCUT2D eigenvalue weighted by molar-refractivity contribution is 0.122. The molecule has 0 radical (unpaired) electrons. The maximum atomic E-state index is 5.44. The molecule has 4 heteroatoms. The maximum Gasteiger partial charge on any atom is 0.138 e. The van der Waals surface area contributed by atoms with Crippen molar-refractivity contribution in [2.24, 2.45) is 0 Å². The number of hydrogen-bond acceptors (Lipinski definition) is 4. The Balaban J connectivity index is 2.02. The lowest BCUT2D eigenvalue weighted by Gasteiger charge is -2.29. The summed E-state index contributed by atoms with van der Waals surface area (Å²) in [5.74, 6) is 1.02. The molecule has 0 aliphatic carbocycles. The molecule has 0 saturated carbocycles. The van der Waals surface area contributed by atoms with Gasteiger partial charge >= 0.3 is 0 Å². The topological polar surface area (TPSA) is 38.2 Å². The van der Waals surface area contributed by atoms with E-state index in [0.29, 0.717) is 0 Å². The second-order valence-corrected chi connectivity index (χ2v) is 4.97. The van der Waals surface area contributed by atoms with Gasteiger partial charge in [-0.1, -0.05) is 18.2 Å². The molecule has 4 rings (SSSR count). The van der Waals surface area contributed by atoms with E-state index in [4.69, 9.17) is 9.72 Å². The Bertz CT molecular complexity index is 766. The molecule has 20 heavy (non-hydrogen) atoms. The molecule has 1 aliphatic rings. The number of rotatable bonds is 1. The molecular formula is C16H15N3O. The summed E-state index contributed by atoms with van der Waals surface area (Å²) in [4.78, 5) is 11.4. The fraction of sp³-hybridized carbons (Fsp3) is 0.250. The van der Waals surface area contributed by atoms with Crippen LogP contribution in [0.15, 0.2) is 42.7 Å². The second-order valence-electron chi connectivity index (χ2n) is 4.97. The Morgan fingerprint density at radius 2 is 1.80 bits per heavy atom. The highest BCUT2D eigenvalue weighted by atomic mass is 16.5. The number of fused-ring (bicyclic) bond motifs is 3. The number of para-hydroxylation sites is 1. The van der Waals surface area contributed by atoms with E-state index in [9.17, 15) is 0 Å². The number of benzene rings is 1. The fourth-order valence-electron chi connectivity index (χ4n) is 2.80. The van der Waals surface area contributed by atoms with Crippen LogP contribution in [0.4, 0.5) is 5.82 Å². The molecule has 0 bridgehead atoms. The fourth-order valence-corrected chi connectivity index (χ4v) is 2.80. The zero-order valence-corrected chi connectivity index (χ0v) is 11.1. The summed E-state index contributed by atoms with van der Waals surface area (Å²) in [5, 5.41) is 3.52. The van der Waals surface area contributed by atoms with Crippen LogP contribution in [0.2, 0.25) is 0 Å². The molecule has 0 atom stereocenters. The van der Waals surface area contributed by atoms with Gasteiger partial charge in [0.15, 0.2) is 0 Å². The number of morpholine rings is 1. The van der Waals surface area contributed by atoms with Gasteiger partial charge in [0.05, 0.1) is 18.7 Å². The lowest BCUT2D eigenvalue weighted by atomic mass is 10.1. The number of nitrogens with zero attached hydrogens (tertiary/aromatic N) is 3. The summed E-state index contributed by atoms with van der Waals surface area (Å²) in [5.41, 5.74) is 1.03. The molecular weight excluding hydrogens is 250 g/mol. The molecule has 100 valence electrons. The van der Waals surface area contributed by atoms with Crippen molar-refractivity contribution in [1.82, 2.24) is 9.97 Å². The van der Waals surface area contributed by atoms with E-state index in [1.807, 2.05) is 18.5 Å². The van der Waals surface area contributed by atoms with E-state index in [-0.39, 0.29) is 0 Å². The molecule has 1 fully saturated rings. The first kappa shape index (κ1) is 11.6. The van der Waals surface area contributed by atoms with Crippen molar-refractivity contribution in [3.05, 3.63) is 42.7 Å². The monoisotopic (exact) mass is 265 g/mol. The first-order valence-corrected chi connectivity index (χ1v) is 6.89. The van der Waals surface area contributed by atoms with Crippen LogP contribution in [0, 0.1) is 0 Å². The molecule has 1 aliphatic heterocycles. The maximum absolute atomic E-state index is 5.44. The third-order valence-electron chi connectivity index (χ3n) is 3.79. The largest absolute Gasteiger partial charge is 0.378 e. The lowest BCUT2D eigenvalue weighted by Crippen LogP contribution is -2.36. The first-order chi connectivity index (χ1) is 9.93. The van der Waals surface area contributed by atoms with Crippen molar-refractivity contribution < 1.29 is 4.74 Å². The molecule has 0 unspecified atom stereocenters. The third-order valence-corrected chi connectivity index (χ3v) is 3.79. The Hall–Kier alpha value is -2.20. The van der Waals surface area contributed by atoms with Crippen LogP contribution in [0.3, 0.4) is 0 Å². The summed E-state index contributed by atoms with van der Waals surface area (Å²) in [6, 6.07) is 10.3. The van der Waals surface area contributed by atoms with Gasteiger partial charge in [0, 0.05) is 36.3 Å². The van der Waals surface area contributed by atoms with Crippen molar-refractivity contribution >= 4 is 27.5 Å². The van der Waals surface area contributed by atoms with Gasteiger partial charge in [-0.3, -0.25) is 4.98 Å². The normalized spacial score (nSPS) is 15.9. The van der Waals surface area contributed by atoms with E-state index >= 15 is 0 Å². The van der Waals surface area contributed by atoms with Gasteiger partial charge in [-0.05, 0) is 17.5 Å². The van der Waals surface area contributed by atoms with Gasteiger partial charge in [0.25, 0.3) is 0 Å². The molecule has 4 nitrogen and oxygen atoms in total. The summed E-state index contributed by atoms with van der Waals surface area (Å²) >= 11 is 0. The Morgan fingerprint density at radius 3 is 2.70 bits per heavy atom. The van der Waals surface area contributed by atoms with Crippen LogP contribution < -0.4 is 4.90 Å². The number of anilines is 1. The molecule has 3 heterocycles. The number of aromatic nitrogens is 2. The predicted octanol–water partition coefficient (Wildman–Crippen LogP) is 2.62. The van der Waals surface area contributed by atoms with E-state index in [0.717, 1.165) is 43.0 Å². The molecule has 1 saturated heterocycles. The van der Waals surface area contributed by atoms with E-state index in [2.05, 4.69) is 34.1 Å². The molecule has 0 amide bonds. The van der Waals surface area contributed by atoms with Crippen molar-refractivity contribution in [2.75, 3.05) is 31.2 Å². The number of ether oxygens (including phenoxy) is 1. The van der Waals surface area contributed by atoms with Gasteiger partial charge in [-0.15, -0.1) is 0 Å². The zero-order chi connectivity index (χ0) is 13.4. The Morgan fingerprint density at radius 1 is 0.950 bits per heavy atom. The summed E-state index contributed by atoms with van der Waals surface area (Å²) < 4.78 is 5.44. The second kappa shape index (κ2) is 4.72. The van der Waals surface area contributed by atoms with Gasteiger partial charge < -0.3 is 9.64 Å². The van der Waals surface area contributed by atoms with Gasteiger partial charge in [-0.2, -0.15) is 0 Å². The van der Waals surface area contributed by atoms with Gasteiger partial charge in [0.2, 0.25) is 0 Å². The first-order valence-electron chi connectivity index (χ1n) is 6.89. The predicted molar refractivity (Wildman–Crippen MR) is 80.1 cm³/mol. The quantitative estimate of drug-likeness (QED) is 0.634. The van der Waals surface area contributed by atoms with Crippen molar-refractivity contribution in [2.45, 2.75) is 0 Å². The van der Waals surface area contributed by atoms with Gasteiger partial charge in [0.1, 0.15) is 5.82 Å². The Kier molecular flexibility index (Phi) is 2.74. The van der Waals surface area contributed by atoms with Crippen LogP contribution in [-0.4, -0.2) is 36.3 Å². The molecule has 1 aromatic carbocycles. The minimum absolute atomic E-state index is 0.760. The van der Waals surface area contributed by atoms with Crippen LogP contribution in [-0.2, 0) is 4.74 Å². The third kappa shape index (κ3) is 1.80. The van der Waals surface area contributed by atoms with Crippen LogP contribution in [0.1, 0.15) is 0 Å². The summed E-state index contributed by atoms with van der Waals surface area (Å²) in [7, 11) is 0. The van der Waals surface area contributed by atoms with E-state index in [1.165, 1.54) is 10.8 Å². The summed E-state index contributed by atoms with van der Waals surface area (Å²) in [6.45, 7) is 3.29. The van der Waals surface area contributed by atoms with Crippen molar-refractivity contribution in [3.8, 4) is 0 Å². The average Bonchev–Trinajstić information content (AvgIpc) is 2.55. The average molecular weight is 265 g/mol. The highest BCUT2D eigenvalue weighted by molar-refractivity contribution is 6.09. The number of hydrogen-bond donors (Lipinski definition) is 0. The smallest absolute Gasteiger partial charge is 0.138 e. The van der Waals surface area contributed by atoms with E-state index < -0.39 is 0 Å². The number of pyridine rings is 2. The van der Waals surface area contributed by atoms with Crippen molar-refractivity contribution in [1.29, 1.82) is 0 Å². The minimum Gasteiger partial charge on any atom is -0.378 e. The zero-order valence-electron chi connectivity index (χ0n) is 11.1. The standard InChI is InChI=1S/C16H15N3O/c1-2-4-15-13(3-1)12-5-6-17-11-14(12)16(18-15)19-7-9-20-10-8-19/h1-6,11H,7-10H2. The Labute approximate surface area is 117 Å². The van der Waals surface area contributed by atoms with Crippen LogP contribution in [0.5, 0.6) is 0 Å². The SMILES string of the molecule is c1ccc2c(c1)nc(N1CCOCC1)c1cnccc12. The highest BCUT2D eigenvalue weighted by Crippen LogP contribution is 2.30. The highest BCUT2D eigenvalue weighted by Gasteiger charge is 2.17. The van der Waals surface area contributed by atoms with Crippen molar-refractivity contribution in [3.63, 3.8) is 0 Å². The van der Waals surface area contributed by atoms with Crippen LogP contribution in [0.25, 0.3) is 21.7 Å². The molecule has 2 aromatic heterocycles. The van der Waals surface area contributed by atoms with Gasteiger partial charge in [-0.25, -0.2) is 4.98 Å². The molecule has 3 aromatic rings. The van der Waals surface area contributed by atoms with E-state index in [1.54, 1.807) is 0 Å². The van der Waals surface area contributed by atoms with Crippen LogP contribution >= 0.6 is 0 Å². The minimum atomic E-state index is 0.760. The summed E-state index contributed by atoms with van der Waals surface area (Å²) in [6.07, 6.45) is 3.76. The molecule has 0 N–H and O–H groups in total.